The molecule has 2 N–H and O–H groups in total. The standard InChI is InChI=1S/C20H21N3O2S/c24-17(25)6-3-9-21-19-18-16(11-26-20(18)23-12-22-19)15-8-7-13-4-1-2-5-14(13)10-15/h7-8,10-12H,1-6,9H2,(H,24,25)(H,21,22,23). The van der Waals surface area contributed by atoms with Crippen LogP contribution in [0.2, 0.25) is 0 Å². The number of carboxylic acid groups (broad SMARTS) is 1. The van der Waals surface area contributed by atoms with E-state index in [1.165, 1.54) is 36.0 Å². The highest BCUT2D eigenvalue weighted by Gasteiger charge is 2.15. The number of carboxylic acids is 1. The first-order valence-electron chi connectivity index (χ1n) is 9.02. The van der Waals surface area contributed by atoms with Crippen molar-refractivity contribution in [3.05, 3.63) is 41.0 Å². The van der Waals surface area contributed by atoms with Crippen LogP contribution in [0, 0.1) is 0 Å². The van der Waals surface area contributed by atoms with Gasteiger partial charge in [-0.1, -0.05) is 18.2 Å². The smallest absolute Gasteiger partial charge is 0.303 e. The van der Waals surface area contributed by atoms with Gasteiger partial charge >= 0.3 is 5.97 Å². The number of nitrogens with zero attached hydrogens (tertiary/aromatic N) is 2. The molecule has 1 aliphatic rings. The second kappa shape index (κ2) is 7.41. The molecule has 0 radical (unpaired) electrons. The summed E-state index contributed by atoms with van der Waals surface area (Å²) in [6, 6.07) is 6.78. The van der Waals surface area contributed by atoms with E-state index in [1.54, 1.807) is 17.7 Å². The summed E-state index contributed by atoms with van der Waals surface area (Å²) in [5, 5.41) is 15.3. The fraction of sp³-hybridized carbons (Fsp3) is 0.350. The van der Waals surface area contributed by atoms with Gasteiger partial charge in [0.25, 0.3) is 0 Å². The van der Waals surface area contributed by atoms with Crippen LogP contribution in [0.3, 0.4) is 0 Å². The molecule has 0 bridgehead atoms. The molecule has 0 unspecified atom stereocenters. The maximum Gasteiger partial charge on any atom is 0.303 e. The molecule has 26 heavy (non-hydrogen) atoms. The summed E-state index contributed by atoms with van der Waals surface area (Å²) in [4.78, 5) is 20.5. The minimum atomic E-state index is -0.773. The molecule has 1 aliphatic carbocycles. The molecule has 6 heteroatoms. The molecule has 0 saturated heterocycles. The van der Waals surface area contributed by atoms with Gasteiger partial charge in [0.1, 0.15) is 17.0 Å². The Balaban J connectivity index is 1.66. The molecule has 3 aromatic rings. The van der Waals surface area contributed by atoms with Gasteiger partial charge in [-0.15, -0.1) is 11.3 Å². The third kappa shape index (κ3) is 3.42. The number of hydrogen-bond donors (Lipinski definition) is 2. The number of aromatic nitrogens is 2. The maximum atomic E-state index is 10.7. The van der Waals surface area contributed by atoms with Crippen LogP contribution in [0.4, 0.5) is 5.82 Å². The number of fused-ring (bicyclic) bond motifs is 2. The lowest BCUT2D eigenvalue weighted by Gasteiger charge is -2.16. The van der Waals surface area contributed by atoms with Crippen molar-refractivity contribution in [1.82, 2.24) is 9.97 Å². The predicted octanol–water partition coefficient (Wildman–Crippen LogP) is 4.51. The fourth-order valence-corrected chi connectivity index (χ4v) is 4.48. The number of anilines is 1. The average Bonchev–Trinajstić information content (AvgIpc) is 3.09. The topological polar surface area (TPSA) is 75.1 Å². The summed E-state index contributed by atoms with van der Waals surface area (Å²) >= 11 is 1.62. The van der Waals surface area contributed by atoms with Crippen LogP contribution in [0.25, 0.3) is 21.3 Å². The van der Waals surface area contributed by atoms with Crippen molar-refractivity contribution in [3.8, 4) is 11.1 Å². The van der Waals surface area contributed by atoms with E-state index in [-0.39, 0.29) is 6.42 Å². The van der Waals surface area contributed by atoms with Gasteiger partial charge in [0.15, 0.2) is 0 Å². The van der Waals surface area contributed by atoms with Crippen molar-refractivity contribution in [2.45, 2.75) is 38.5 Å². The average molecular weight is 367 g/mol. The Kier molecular flexibility index (Phi) is 4.84. The van der Waals surface area contributed by atoms with E-state index in [9.17, 15) is 4.79 Å². The van der Waals surface area contributed by atoms with Crippen LogP contribution in [0.15, 0.2) is 29.9 Å². The van der Waals surface area contributed by atoms with E-state index in [1.807, 2.05) is 0 Å². The van der Waals surface area contributed by atoms with Gasteiger partial charge in [-0.2, -0.15) is 0 Å². The summed E-state index contributed by atoms with van der Waals surface area (Å²) in [6.45, 7) is 0.581. The van der Waals surface area contributed by atoms with E-state index in [0.717, 1.165) is 28.0 Å². The highest BCUT2D eigenvalue weighted by atomic mass is 32.1. The van der Waals surface area contributed by atoms with Crippen LogP contribution >= 0.6 is 11.3 Å². The molecule has 4 rings (SSSR count). The Morgan fingerprint density at radius 2 is 2.04 bits per heavy atom. The minimum absolute atomic E-state index is 0.155. The van der Waals surface area contributed by atoms with Crippen molar-refractivity contribution >= 4 is 33.3 Å². The lowest BCUT2D eigenvalue weighted by Crippen LogP contribution is -2.06. The lowest BCUT2D eigenvalue weighted by molar-refractivity contribution is -0.137. The molecule has 2 aromatic heterocycles. The predicted molar refractivity (Wildman–Crippen MR) is 105 cm³/mol. The van der Waals surface area contributed by atoms with Crippen LogP contribution in [-0.4, -0.2) is 27.6 Å². The van der Waals surface area contributed by atoms with Crippen molar-refractivity contribution in [2.75, 3.05) is 11.9 Å². The molecule has 1 aromatic carbocycles. The van der Waals surface area contributed by atoms with Crippen molar-refractivity contribution < 1.29 is 9.90 Å². The molecule has 0 amide bonds. The van der Waals surface area contributed by atoms with Gasteiger partial charge in [-0.25, -0.2) is 9.97 Å². The highest BCUT2D eigenvalue weighted by Crippen LogP contribution is 2.37. The van der Waals surface area contributed by atoms with Crippen molar-refractivity contribution in [2.24, 2.45) is 0 Å². The molecular weight excluding hydrogens is 346 g/mol. The van der Waals surface area contributed by atoms with E-state index in [4.69, 9.17) is 5.11 Å². The summed E-state index contributed by atoms with van der Waals surface area (Å²) < 4.78 is 0. The molecule has 0 saturated carbocycles. The quantitative estimate of drug-likeness (QED) is 0.627. The molecule has 0 fully saturated rings. The van der Waals surface area contributed by atoms with Gasteiger partial charge in [-0.05, 0) is 48.8 Å². The van der Waals surface area contributed by atoms with Crippen LogP contribution in [0.5, 0.6) is 0 Å². The number of carbonyl (C=O) groups is 1. The van der Waals surface area contributed by atoms with Crippen molar-refractivity contribution in [1.29, 1.82) is 0 Å². The third-order valence-corrected chi connectivity index (χ3v) is 5.78. The number of hydrogen-bond acceptors (Lipinski definition) is 5. The zero-order valence-electron chi connectivity index (χ0n) is 14.5. The number of benzene rings is 1. The van der Waals surface area contributed by atoms with Gasteiger partial charge in [0.05, 0.1) is 5.39 Å². The maximum absolute atomic E-state index is 10.7. The number of rotatable bonds is 6. The highest BCUT2D eigenvalue weighted by molar-refractivity contribution is 7.17. The second-order valence-corrected chi connectivity index (χ2v) is 7.52. The van der Waals surface area contributed by atoms with E-state index in [2.05, 4.69) is 38.9 Å². The fourth-order valence-electron chi connectivity index (χ4n) is 3.57. The summed E-state index contributed by atoms with van der Waals surface area (Å²) in [7, 11) is 0. The Hall–Kier alpha value is -2.47. The normalized spacial score (nSPS) is 13.5. The minimum Gasteiger partial charge on any atom is -0.481 e. The molecule has 0 aliphatic heterocycles. The Morgan fingerprint density at radius 1 is 1.19 bits per heavy atom. The van der Waals surface area contributed by atoms with Crippen molar-refractivity contribution in [3.63, 3.8) is 0 Å². The molecule has 0 spiro atoms. The van der Waals surface area contributed by atoms with E-state index in [0.29, 0.717) is 13.0 Å². The molecule has 0 atom stereocenters. The third-order valence-electron chi connectivity index (χ3n) is 4.89. The first-order chi connectivity index (χ1) is 12.7. The first-order valence-corrected chi connectivity index (χ1v) is 9.90. The Bertz CT molecular complexity index is 951. The summed E-state index contributed by atoms with van der Waals surface area (Å²) in [5.41, 5.74) is 5.30. The summed E-state index contributed by atoms with van der Waals surface area (Å²) in [6.07, 6.45) is 7.17. The van der Waals surface area contributed by atoms with E-state index >= 15 is 0 Å². The van der Waals surface area contributed by atoms with Gasteiger partial charge < -0.3 is 10.4 Å². The largest absolute Gasteiger partial charge is 0.481 e. The van der Waals surface area contributed by atoms with Crippen LogP contribution < -0.4 is 5.32 Å². The van der Waals surface area contributed by atoms with Crippen LogP contribution in [0.1, 0.15) is 36.8 Å². The molecular formula is C20H21N3O2S. The molecule has 134 valence electrons. The zero-order valence-corrected chi connectivity index (χ0v) is 15.3. The number of aliphatic carboxylic acids is 1. The SMILES string of the molecule is O=C(O)CCCNc1ncnc2scc(-c3ccc4c(c3)CCCC4)c12. The lowest BCUT2D eigenvalue weighted by atomic mass is 9.89. The van der Waals surface area contributed by atoms with Gasteiger partial charge in [0, 0.05) is 23.9 Å². The monoisotopic (exact) mass is 367 g/mol. The number of thiophene rings is 1. The van der Waals surface area contributed by atoms with Crippen LogP contribution in [-0.2, 0) is 17.6 Å². The second-order valence-electron chi connectivity index (χ2n) is 6.67. The molecule has 2 heterocycles. The Morgan fingerprint density at radius 3 is 2.88 bits per heavy atom. The molecule has 5 nitrogen and oxygen atoms in total. The Labute approximate surface area is 156 Å². The number of nitrogens with one attached hydrogen (secondary N) is 1. The van der Waals surface area contributed by atoms with E-state index < -0.39 is 5.97 Å². The van der Waals surface area contributed by atoms with Gasteiger partial charge in [-0.3, -0.25) is 4.79 Å². The zero-order chi connectivity index (χ0) is 17.9. The van der Waals surface area contributed by atoms with Gasteiger partial charge in [0.2, 0.25) is 0 Å². The first kappa shape index (κ1) is 17.0. The summed E-state index contributed by atoms with van der Waals surface area (Å²) in [5.74, 6) is 0.0132. The number of aryl methyl sites for hydroxylation is 2.